The Labute approximate surface area is 111 Å². The van der Waals surface area contributed by atoms with Gasteiger partial charge in [-0.25, -0.2) is 0 Å². The summed E-state index contributed by atoms with van der Waals surface area (Å²) in [5, 5.41) is 14.2. The lowest BCUT2D eigenvalue weighted by atomic mass is 10.1. The van der Waals surface area contributed by atoms with E-state index in [1.807, 2.05) is 6.92 Å². The SMILES string of the molecule is CCC(CC#N)NC(=O)c1ccc2c(c1)CC(=O)N2. The first-order valence-electron chi connectivity index (χ1n) is 6.24. The predicted octanol–water partition coefficient (Wildman–Crippen LogP) is 1.60. The van der Waals surface area contributed by atoms with Crippen LogP contribution in [-0.4, -0.2) is 17.9 Å². The quantitative estimate of drug-likeness (QED) is 0.859. The van der Waals surface area contributed by atoms with Crippen molar-refractivity contribution in [2.24, 2.45) is 0 Å². The van der Waals surface area contributed by atoms with Gasteiger partial charge in [-0.05, 0) is 30.2 Å². The lowest BCUT2D eigenvalue weighted by Crippen LogP contribution is -2.34. The van der Waals surface area contributed by atoms with E-state index in [0.29, 0.717) is 24.8 Å². The number of nitrogens with zero attached hydrogens (tertiary/aromatic N) is 1. The Bertz CT molecular complexity index is 560. The molecule has 0 spiro atoms. The van der Waals surface area contributed by atoms with Crippen LogP contribution < -0.4 is 10.6 Å². The molecule has 1 unspecified atom stereocenters. The van der Waals surface area contributed by atoms with Crippen molar-refractivity contribution < 1.29 is 9.59 Å². The maximum Gasteiger partial charge on any atom is 0.251 e. The highest BCUT2D eigenvalue weighted by Crippen LogP contribution is 2.23. The van der Waals surface area contributed by atoms with Crippen LogP contribution in [0.3, 0.4) is 0 Å². The molecule has 2 rings (SSSR count). The molecule has 5 heteroatoms. The van der Waals surface area contributed by atoms with Crippen LogP contribution in [0.15, 0.2) is 18.2 Å². The van der Waals surface area contributed by atoms with Crippen molar-refractivity contribution in [3.05, 3.63) is 29.3 Å². The summed E-state index contributed by atoms with van der Waals surface area (Å²) in [7, 11) is 0. The first-order valence-corrected chi connectivity index (χ1v) is 6.24. The normalized spacial score (nSPS) is 14.2. The van der Waals surface area contributed by atoms with Crippen molar-refractivity contribution in [3.63, 3.8) is 0 Å². The van der Waals surface area contributed by atoms with Crippen LogP contribution in [0.25, 0.3) is 0 Å². The molecule has 98 valence electrons. The first kappa shape index (κ1) is 13.1. The molecule has 1 aliphatic rings. The molecule has 0 saturated carbocycles. The van der Waals surface area contributed by atoms with Crippen molar-refractivity contribution in [2.75, 3.05) is 5.32 Å². The third-order valence-corrected chi connectivity index (χ3v) is 3.16. The van der Waals surface area contributed by atoms with Gasteiger partial charge >= 0.3 is 0 Å². The van der Waals surface area contributed by atoms with Gasteiger partial charge in [-0.15, -0.1) is 0 Å². The van der Waals surface area contributed by atoms with Gasteiger partial charge in [-0.1, -0.05) is 6.92 Å². The molecule has 2 N–H and O–H groups in total. The van der Waals surface area contributed by atoms with Gasteiger partial charge in [0.15, 0.2) is 0 Å². The number of fused-ring (bicyclic) bond motifs is 1. The fourth-order valence-electron chi connectivity index (χ4n) is 2.05. The van der Waals surface area contributed by atoms with Crippen molar-refractivity contribution in [2.45, 2.75) is 32.2 Å². The Kier molecular flexibility index (Phi) is 3.81. The summed E-state index contributed by atoms with van der Waals surface area (Å²) in [6.07, 6.45) is 1.32. The van der Waals surface area contributed by atoms with Crippen LogP contribution in [0.4, 0.5) is 5.69 Å². The Morgan fingerprint density at radius 2 is 2.37 bits per heavy atom. The van der Waals surface area contributed by atoms with Crippen LogP contribution >= 0.6 is 0 Å². The van der Waals surface area contributed by atoms with E-state index in [9.17, 15) is 9.59 Å². The van der Waals surface area contributed by atoms with Crippen LogP contribution in [0.5, 0.6) is 0 Å². The van der Waals surface area contributed by atoms with E-state index in [2.05, 4.69) is 16.7 Å². The number of hydrogen-bond acceptors (Lipinski definition) is 3. The third-order valence-electron chi connectivity index (χ3n) is 3.16. The van der Waals surface area contributed by atoms with E-state index in [0.717, 1.165) is 11.3 Å². The molecular weight excluding hydrogens is 242 g/mol. The highest BCUT2D eigenvalue weighted by molar-refractivity contribution is 6.01. The highest BCUT2D eigenvalue weighted by Gasteiger charge is 2.19. The van der Waals surface area contributed by atoms with Gasteiger partial charge in [0.05, 0.1) is 18.9 Å². The topological polar surface area (TPSA) is 82.0 Å². The van der Waals surface area contributed by atoms with E-state index < -0.39 is 0 Å². The van der Waals surface area contributed by atoms with Crippen molar-refractivity contribution in [3.8, 4) is 6.07 Å². The maximum absolute atomic E-state index is 12.0. The molecular formula is C14H15N3O2. The molecule has 0 aromatic heterocycles. The standard InChI is InChI=1S/C14H15N3O2/c1-2-11(5-6-15)16-14(19)9-3-4-12-10(7-9)8-13(18)17-12/h3-4,7,11H,2,5,8H2,1H3,(H,16,19)(H,17,18). The summed E-state index contributed by atoms with van der Waals surface area (Å²) in [5.74, 6) is -0.257. The number of benzene rings is 1. The summed E-state index contributed by atoms with van der Waals surface area (Å²) in [5.41, 5.74) is 2.13. The lowest BCUT2D eigenvalue weighted by Gasteiger charge is -2.13. The van der Waals surface area contributed by atoms with E-state index in [-0.39, 0.29) is 17.9 Å². The van der Waals surface area contributed by atoms with Gasteiger partial charge in [0.25, 0.3) is 5.91 Å². The monoisotopic (exact) mass is 257 g/mol. The van der Waals surface area contributed by atoms with Gasteiger partial charge in [0.1, 0.15) is 0 Å². The summed E-state index contributed by atoms with van der Waals surface area (Å²) >= 11 is 0. The predicted molar refractivity (Wildman–Crippen MR) is 70.6 cm³/mol. The molecule has 0 radical (unpaired) electrons. The summed E-state index contributed by atoms with van der Waals surface area (Å²) in [6, 6.07) is 7.06. The molecule has 0 bridgehead atoms. The van der Waals surface area contributed by atoms with E-state index in [1.54, 1.807) is 18.2 Å². The van der Waals surface area contributed by atoms with Crippen molar-refractivity contribution >= 4 is 17.5 Å². The number of nitriles is 1. The zero-order valence-corrected chi connectivity index (χ0v) is 10.7. The highest BCUT2D eigenvalue weighted by atomic mass is 16.2. The van der Waals surface area contributed by atoms with Crippen molar-refractivity contribution in [1.82, 2.24) is 5.32 Å². The number of rotatable bonds is 4. The molecule has 1 atom stereocenters. The van der Waals surface area contributed by atoms with Crippen molar-refractivity contribution in [1.29, 1.82) is 5.26 Å². The molecule has 1 aromatic carbocycles. The molecule has 0 saturated heterocycles. The number of nitrogens with one attached hydrogen (secondary N) is 2. The molecule has 1 aromatic rings. The van der Waals surface area contributed by atoms with E-state index in [4.69, 9.17) is 5.26 Å². The van der Waals surface area contributed by atoms with Gasteiger partial charge in [-0.2, -0.15) is 5.26 Å². The van der Waals surface area contributed by atoms with E-state index in [1.165, 1.54) is 0 Å². The number of anilines is 1. The largest absolute Gasteiger partial charge is 0.348 e. The van der Waals surface area contributed by atoms with Gasteiger partial charge in [0, 0.05) is 17.3 Å². The lowest BCUT2D eigenvalue weighted by molar-refractivity contribution is -0.115. The fourth-order valence-corrected chi connectivity index (χ4v) is 2.05. The summed E-state index contributed by atoms with van der Waals surface area (Å²) in [4.78, 5) is 23.3. The molecule has 0 fully saturated rings. The second-order valence-electron chi connectivity index (χ2n) is 4.54. The minimum absolute atomic E-state index is 0.0523. The summed E-state index contributed by atoms with van der Waals surface area (Å²) in [6.45, 7) is 1.92. The smallest absolute Gasteiger partial charge is 0.251 e. The van der Waals surface area contributed by atoms with Gasteiger partial charge < -0.3 is 10.6 Å². The van der Waals surface area contributed by atoms with Crippen LogP contribution in [0.2, 0.25) is 0 Å². The first-order chi connectivity index (χ1) is 9.13. The fraction of sp³-hybridized carbons (Fsp3) is 0.357. The Morgan fingerprint density at radius 1 is 1.58 bits per heavy atom. The number of carbonyl (C=O) groups is 2. The van der Waals surface area contributed by atoms with Gasteiger partial charge in [-0.3, -0.25) is 9.59 Å². The average Bonchev–Trinajstić information content (AvgIpc) is 2.76. The van der Waals surface area contributed by atoms with Crippen LogP contribution in [0, 0.1) is 11.3 Å². The minimum Gasteiger partial charge on any atom is -0.348 e. The number of amides is 2. The Hall–Kier alpha value is -2.35. The Balaban J connectivity index is 2.10. The number of carbonyl (C=O) groups excluding carboxylic acids is 2. The number of hydrogen-bond donors (Lipinski definition) is 2. The second-order valence-corrected chi connectivity index (χ2v) is 4.54. The molecule has 1 aliphatic heterocycles. The molecule has 0 aliphatic carbocycles. The average molecular weight is 257 g/mol. The van der Waals surface area contributed by atoms with Crippen LogP contribution in [0.1, 0.15) is 35.7 Å². The second kappa shape index (κ2) is 5.53. The zero-order chi connectivity index (χ0) is 13.8. The summed E-state index contributed by atoms with van der Waals surface area (Å²) < 4.78 is 0. The molecule has 19 heavy (non-hydrogen) atoms. The maximum atomic E-state index is 12.0. The molecule has 1 heterocycles. The minimum atomic E-state index is -0.204. The molecule has 2 amide bonds. The molecule has 5 nitrogen and oxygen atoms in total. The zero-order valence-electron chi connectivity index (χ0n) is 10.7. The van der Waals surface area contributed by atoms with Gasteiger partial charge in [0.2, 0.25) is 5.91 Å². The third kappa shape index (κ3) is 2.91. The van der Waals surface area contributed by atoms with Crippen LogP contribution in [-0.2, 0) is 11.2 Å². The van der Waals surface area contributed by atoms with E-state index >= 15 is 0 Å². The Morgan fingerprint density at radius 3 is 3.05 bits per heavy atom.